The predicted octanol–water partition coefficient (Wildman–Crippen LogP) is 0.430. The molecule has 0 spiro atoms. The second-order valence-corrected chi connectivity index (χ2v) is 5.26. The Balaban J connectivity index is 3.92. The van der Waals surface area contributed by atoms with Crippen LogP contribution >= 0.6 is 0 Å². The lowest BCUT2D eigenvalue weighted by atomic mass is 10.4. The van der Waals surface area contributed by atoms with Crippen LogP contribution in [0.4, 0.5) is 0 Å². The largest absolute Gasteiger partial charge is 0.396 e. The highest BCUT2D eigenvalue weighted by molar-refractivity contribution is 7.89. The Bertz CT molecular complexity index is 213. The number of sulfonamides is 1. The molecule has 0 aromatic rings. The molecule has 13 heavy (non-hydrogen) atoms. The molecular weight excluding hydrogens is 190 g/mol. The fraction of sp³-hybridized carbons (Fsp3) is 1.00. The summed E-state index contributed by atoms with van der Waals surface area (Å²) in [5, 5.41) is 8.50. The van der Waals surface area contributed by atoms with Crippen molar-refractivity contribution in [2.45, 2.75) is 26.2 Å². The van der Waals surface area contributed by atoms with Gasteiger partial charge < -0.3 is 5.11 Å². The molecule has 0 unspecified atom stereocenters. The van der Waals surface area contributed by atoms with Crippen LogP contribution in [0.15, 0.2) is 0 Å². The summed E-state index contributed by atoms with van der Waals surface area (Å²) in [6.45, 7) is 2.58. The molecule has 0 aromatic heterocycles. The Morgan fingerprint density at radius 3 is 2.38 bits per heavy atom. The van der Waals surface area contributed by atoms with Gasteiger partial charge in [-0.05, 0) is 19.3 Å². The van der Waals surface area contributed by atoms with Crippen LogP contribution in [-0.2, 0) is 10.0 Å². The lowest BCUT2D eigenvalue weighted by Crippen LogP contribution is -2.29. The summed E-state index contributed by atoms with van der Waals surface area (Å²) in [4.78, 5) is 0. The first-order chi connectivity index (χ1) is 6.04. The molecule has 5 heteroatoms. The zero-order chi connectivity index (χ0) is 10.3. The SMILES string of the molecule is CCCN(C)S(=O)(=O)CCCCO. The van der Waals surface area contributed by atoms with Gasteiger partial charge in [-0.3, -0.25) is 0 Å². The van der Waals surface area contributed by atoms with Gasteiger partial charge in [0.15, 0.2) is 0 Å². The summed E-state index contributed by atoms with van der Waals surface area (Å²) in [5.41, 5.74) is 0. The zero-order valence-corrected chi connectivity index (χ0v) is 9.18. The van der Waals surface area contributed by atoms with E-state index in [1.807, 2.05) is 6.92 Å². The third-order valence-corrected chi connectivity index (χ3v) is 3.76. The highest BCUT2D eigenvalue weighted by Gasteiger charge is 2.15. The normalized spacial score (nSPS) is 12.3. The van der Waals surface area contributed by atoms with Crippen LogP contribution in [0.5, 0.6) is 0 Å². The second-order valence-electron chi connectivity index (χ2n) is 3.07. The van der Waals surface area contributed by atoms with Gasteiger partial charge in [0, 0.05) is 20.2 Å². The van der Waals surface area contributed by atoms with Crippen LogP contribution in [0, 0.1) is 0 Å². The third-order valence-electron chi connectivity index (χ3n) is 1.82. The van der Waals surface area contributed by atoms with Crippen molar-refractivity contribution in [1.29, 1.82) is 0 Å². The molecule has 80 valence electrons. The van der Waals surface area contributed by atoms with E-state index in [0.717, 1.165) is 6.42 Å². The molecule has 0 atom stereocenters. The van der Waals surface area contributed by atoms with Crippen LogP contribution in [0.1, 0.15) is 26.2 Å². The first kappa shape index (κ1) is 12.9. The summed E-state index contributed by atoms with van der Waals surface area (Å²) in [7, 11) is -1.48. The monoisotopic (exact) mass is 209 g/mol. The molecule has 0 aliphatic rings. The summed E-state index contributed by atoms with van der Waals surface area (Å²) < 4.78 is 24.3. The molecule has 1 N–H and O–H groups in total. The lowest BCUT2D eigenvalue weighted by molar-refractivity contribution is 0.287. The molecule has 0 aliphatic heterocycles. The Morgan fingerprint density at radius 1 is 1.31 bits per heavy atom. The minimum Gasteiger partial charge on any atom is -0.396 e. The van der Waals surface area contributed by atoms with Crippen molar-refractivity contribution in [3.05, 3.63) is 0 Å². The molecule has 0 radical (unpaired) electrons. The van der Waals surface area contributed by atoms with E-state index in [9.17, 15) is 8.42 Å². The maximum atomic E-state index is 11.4. The second kappa shape index (κ2) is 6.34. The van der Waals surface area contributed by atoms with E-state index in [1.165, 1.54) is 4.31 Å². The predicted molar refractivity (Wildman–Crippen MR) is 53.0 cm³/mol. The molecule has 0 aliphatic carbocycles. The van der Waals surface area contributed by atoms with Gasteiger partial charge in [0.1, 0.15) is 0 Å². The Kier molecular flexibility index (Phi) is 6.28. The van der Waals surface area contributed by atoms with Crippen LogP contribution in [0.3, 0.4) is 0 Å². The van der Waals surface area contributed by atoms with Crippen molar-refractivity contribution < 1.29 is 13.5 Å². The van der Waals surface area contributed by atoms with E-state index in [1.54, 1.807) is 7.05 Å². The number of hydrogen-bond donors (Lipinski definition) is 1. The van der Waals surface area contributed by atoms with Crippen molar-refractivity contribution >= 4 is 10.0 Å². The number of hydrogen-bond acceptors (Lipinski definition) is 3. The van der Waals surface area contributed by atoms with Crippen LogP contribution in [-0.4, -0.2) is 43.8 Å². The minimum atomic E-state index is -3.07. The van der Waals surface area contributed by atoms with Gasteiger partial charge >= 0.3 is 0 Å². The molecule has 0 bridgehead atoms. The summed E-state index contributed by atoms with van der Waals surface area (Å²) >= 11 is 0. The van der Waals surface area contributed by atoms with E-state index < -0.39 is 10.0 Å². The molecule has 0 amide bonds. The topological polar surface area (TPSA) is 57.6 Å². The quantitative estimate of drug-likeness (QED) is 0.619. The van der Waals surface area contributed by atoms with Gasteiger partial charge in [-0.15, -0.1) is 0 Å². The van der Waals surface area contributed by atoms with Crippen LogP contribution < -0.4 is 0 Å². The number of aliphatic hydroxyl groups excluding tert-OH is 1. The van der Waals surface area contributed by atoms with Gasteiger partial charge in [0.05, 0.1) is 5.75 Å². The number of rotatable bonds is 7. The standard InChI is InChI=1S/C8H19NO3S/c1-3-6-9(2)13(11,12)8-5-4-7-10/h10H,3-8H2,1-2H3. The number of unbranched alkanes of at least 4 members (excludes halogenated alkanes) is 1. The summed E-state index contributed by atoms with van der Waals surface area (Å²) in [6, 6.07) is 0. The molecule has 0 fully saturated rings. The van der Waals surface area contributed by atoms with Crippen LogP contribution in [0.2, 0.25) is 0 Å². The highest BCUT2D eigenvalue weighted by atomic mass is 32.2. The Hall–Kier alpha value is -0.130. The molecule has 0 saturated heterocycles. The fourth-order valence-corrected chi connectivity index (χ4v) is 2.35. The maximum absolute atomic E-state index is 11.4. The van der Waals surface area contributed by atoms with E-state index in [2.05, 4.69) is 0 Å². The smallest absolute Gasteiger partial charge is 0.213 e. The van der Waals surface area contributed by atoms with Gasteiger partial charge in [-0.25, -0.2) is 12.7 Å². The maximum Gasteiger partial charge on any atom is 0.213 e. The first-order valence-electron chi connectivity index (χ1n) is 4.59. The summed E-state index contributed by atoms with van der Waals surface area (Å²) in [6.07, 6.45) is 1.92. The van der Waals surface area contributed by atoms with Crippen molar-refractivity contribution in [3.63, 3.8) is 0 Å². The molecule has 0 aromatic carbocycles. The molecular formula is C8H19NO3S. The van der Waals surface area contributed by atoms with Gasteiger partial charge in [0.2, 0.25) is 10.0 Å². The number of aliphatic hydroxyl groups is 1. The van der Waals surface area contributed by atoms with Crippen LogP contribution in [0.25, 0.3) is 0 Å². The van der Waals surface area contributed by atoms with Crippen molar-refractivity contribution in [2.75, 3.05) is 26.0 Å². The van der Waals surface area contributed by atoms with Gasteiger partial charge in [-0.1, -0.05) is 6.92 Å². The average Bonchev–Trinajstić information content (AvgIpc) is 2.05. The number of nitrogens with zero attached hydrogens (tertiary/aromatic N) is 1. The first-order valence-corrected chi connectivity index (χ1v) is 6.20. The van der Waals surface area contributed by atoms with Crippen molar-refractivity contribution in [1.82, 2.24) is 4.31 Å². The van der Waals surface area contributed by atoms with Crippen molar-refractivity contribution in [3.8, 4) is 0 Å². The summed E-state index contributed by atoms with van der Waals surface area (Å²) in [5.74, 6) is 0.143. The van der Waals surface area contributed by atoms with Gasteiger partial charge in [-0.2, -0.15) is 0 Å². The average molecular weight is 209 g/mol. The van der Waals surface area contributed by atoms with Gasteiger partial charge in [0.25, 0.3) is 0 Å². The molecule has 0 rings (SSSR count). The lowest BCUT2D eigenvalue weighted by Gasteiger charge is -2.15. The van der Waals surface area contributed by atoms with E-state index >= 15 is 0 Å². The molecule has 0 heterocycles. The van der Waals surface area contributed by atoms with E-state index in [4.69, 9.17) is 5.11 Å². The van der Waals surface area contributed by atoms with Crippen molar-refractivity contribution in [2.24, 2.45) is 0 Å². The third kappa shape index (κ3) is 5.23. The zero-order valence-electron chi connectivity index (χ0n) is 8.36. The highest BCUT2D eigenvalue weighted by Crippen LogP contribution is 2.02. The van der Waals surface area contributed by atoms with E-state index in [-0.39, 0.29) is 12.4 Å². The Morgan fingerprint density at radius 2 is 1.92 bits per heavy atom. The fourth-order valence-electron chi connectivity index (χ4n) is 1.01. The minimum absolute atomic E-state index is 0.0625. The van der Waals surface area contributed by atoms with E-state index in [0.29, 0.717) is 19.4 Å². The molecule has 0 saturated carbocycles. The molecule has 4 nitrogen and oxygen atoms in total. The Labute approximate surface area is 80.6 Å².